The molecule has 9 heteroatoms. The van der Waals surface area contributed by atoms with Gasteiger partial charge >= 0.3 is 0 Å². The fourth-order valence-electron chi connectivity index (χ4n) is 3.46. The third-order valence-corrected chi connectivity index (χ3v) is 4.91. The Labute approximate surface area is 173 Å². The molecule has 3 heterocycles. The fourth-order valence-corrected chi connectivity index (χ4v) is 3.46. The number of rotatable bonds is 5. The second-order valence-electron chi connectivity index (χ2n) is 6.82. The molecule has 0 radical (unpaired) electrons. The highest BCUT2D eigenvalue weighted by Crippen LogP contribution is 2.29. The van der Waals surface area contributed by atoms with E-state index in [1.165, 1.54) is 12.4 Å². The largest absolute Gasteiger partial charge is 0.496 e. The van der Waals surface area contributed by atoms with E-state index in [2.05, 4.69) is 20.2 Å². The lowest BCUT2D eigenvalue weighted by Gasteiger charge is -2.32. The molecule has 0 bridgehead atoms. The van der Waals surface area contributed by atoms with Crippen LogP contribution in [0.4, 0.5) is 0 Å². The molecule has 1 aliphatic heterocycles. The molecule has 4 rings (SSSR count). The lowest BCUT2D eigenvalue weighted by atomic mass is 10.1. The van der Waals surface area contributed by atoms with E-state index in [9.17, 15) is 4.79 Å². The quantitative estimate of drug-likeness (QED) is 0.694. The first-order valence-electron chi connectivity index (χ1n) is 9.55. The van der Waals surface area contributed by atoms with Crippen molar-refractivity contribution in [2.24, 2.45) is 0 Å². The number of aromatic nitrogens is 4. The standard InChI is InChI=1S/C21H20N6O3/c1-29-19-7-3-2-6-15(19)16-11-17(26-25-16)21(28)27-10-4-5-14(13-27)30-20-18(12-22)23-8-9-24-20/h2-3,6-9,11,14H,4-5,10,13H2,1H3,(H,25,26). The van der Waals surface area contributed by atoms with Gasteiger partial charge in [-0.2, -0.15) is 10.4 Å². The number of nitrogens with one attached hydrogen (secondary N) is 1. The van der Waals surface area contributed by atoms with Crippen LogP contribution in [0, 0.1) is 11.3 Å². The van der Waals surface area contributed by atoms with Crippen LogP contribution in [0.2, 0.25) is 0 Å². The minimum Gasteiger partial charge on any atom is -0.496 e. The number of amides is 1. The molecular weight excluding hydrogens is 384 g/mol. The molecule has 2 aromatic heterocycles. The van der Waals surface area contributed by atoms with Crippen molar-refractivity contribution in [3.63, 3.8) is 0 Å². The highest BCUT2D eigenvalue weighted by atomic mass is 16.5. The van der Waals surface area contributed by atoms with Crippen molar-refractivity contribution in [2.75, 3.05) is 20.2 Å². The summed E-state index contributed by atoms with van der Waals surface area (Å²) in [6.07, 6.45) is 4.21. The monoisotopic (exact) mass is 404 g/mol. The molecule has 1 fully saturated rings. The first-order chi connectivity index (χ1) is 14.7. The van der Waals surface area contributed by atoms with E-state index in [0.717, 1.165) is 18.4 Å². The third kappa shape index (κ3) is 3.93. The summed E-state index contributed by atoms with van der Waals surface area (Å²) in [6.45, 7) is 1.01. The van der Waals surface area contributed by atoms with E-state index in [1.54, 1.807) is 18.1 Å². The van der Waals surface area contributed by atoms with Crippen molar-refractivity contribution in [3.8, 4) is 29.0 Å². The number of piperidine rings is 1. The van der Waals surface area contributed by atoms with Crippen LogP contribution in [-0.4, -0.2) is 57.3 Å². The zero-order valence-corrected chi connectivity index (χ0v) is 16.4. The molecule has 1 amide bonds. The Kier molecular flexibility index (Phi) is 5.57. The summed E-state index contributed by atoms with van der Waals surface area (Å²) in [5.74, 6) is 0.725. The Balaban J connectivity index is 1.47. The van der Waals surface area contributed by atoms with E-state index in [-0.39, 0.29) is 23.6 Å². The third-order valence-electron chi connectivity index (χ3n) is 4.91. The Morgan fingerprint density at radius 3 is 2.97 bits per heavy atom. The maximum absolute atomic E-state index is 13.0. The van der Waals surface area contributed by atoms with Gasteiger partial charge in [-0.25, -0.2) is 9.97 Å². The van der Waals surface area contributed by atoms with Crippen molar-refractivity contribution in [2.45, 2.75) is 18.9 Å². The van der Waals surface area contributed by atoms with Gasteiger partial charge in [0.2, 0.25) is 5.69 Å². The topological polar surface area (TPSA) is 117 Å². The average molecular weight is 404 g/mol. The summed E-state index contributed by atoms with van der Waals surface area (Å²) in [7, 11) is 1.60. The number of aromatic amines is 1. The molecule has 1 N–H and O–H groups in total. The number of benzene rings is 1. The number of carbonyl (C=O) groups is 1. The number of H-pyrrole nitrogens is 1. The van der Waals surface area contributed by atoms with Gasteiger partial charge in [0, 0.05) is 24.5 Å². The number of likely N-dealkylation sites (tertiary alicyclic amines) is 1. The number of nitriles is 1. The summed E-state index contributed by atoms with van der Waals surface area (Å²) in [4.78, 5) is 22.8. The number of hydrogen-bond acceptors (Lipinski definition) is 7. The molecular formula is C21H20N6O3. The van der Waals surface area contributed by atoms with Crippen molar-refractivity contribution in [1.82, 2.24) is 25.1 Å². The number of methoxy groups -OCH3 is 1. The van der Waals surface area contributed by atoms with Gasteiger partial charge in [-0.15, -0.1) is 0 Å². The van der Waals surface area contributed by atoms with E-state index in [4.69, 9.17) is 14.7 Å². The van der Waals surface area contributed by atoms with Crippen LogP contribution >= 0.6 is 0 Å². The molecule has 0 saturated carbocycles. The molecule has 0 spiro atoms. The van der Waals surface area contributed by atoms with Gasteiger partial charge in [-0.1, -0.05) is 12.1 Å². The molecule has 1 aromatic carbocycles. The fraction of sp³-hybridized carbons (Fsp3) is 0.286. The lowest BCUT2D eigenvalue weighted by molar-refractivity contribution is 0.0521. The van der Waals surface area contributed by atoms with Crippen molar-refractivity contribution in [3.05, 3.63) is 54.1 Å². The first kappa shape index (κ1) is 19.4. The van der Waals surface area contributed by atoms with Gasteiger partial charge < -0.3 is 14.4 Å². The van der Waals surface area contributed by atoms with Gasteiger partial charge in [0.15, 0.2) is 0 Å². The summed E-state index contributed by atoms with van der Waals surface area (Å²) in [5, 5.41) is 16.3. The van der Waals surface area contributed by atoms with Gasteiger partial charge in [0.25, 0.3) is 11.8 Å². The Morgan fingerprint density at radius 1 is 1.30 bits per heavy atom. The SMILES string of the molecule is COc1ccccc1-c1cc(C(=O)N2CCCC(Oc3nccnc3C#N)C2)[nH]n1. The van der Waals surface area contributed by atoms with Crippen molar-refractivity contribution in [1.29, 1.82) is 5.26 Å². The zero-order valence-electron chi connectivity index (χ0n) is 16.4. The summed E-state index contributed by atoms with van der Waals surface area (Å²) >= 11 is 0. The summed E-state index contributed by atoms with van der Waals surface area (Å²) in [6, 6.07) is 11.2. The molecule has 1 unspecified atom stereocenters. The minimum absolute atomic E-state index is 0.135. The van der Waals surface area contributed by atoms with Crippen LogP contribution in [-0.2, 0) is 0 Å². The van der Waals surface area contributed by atoms with Crippen LogP contribution in [0.5, 0.6) is 11.6 Å². The van der Waals surface area contributed by atoms with Crippen LogP contribution in [0.25, 0.3) is 11.3 Å². The highest BCUT2D eigenvalue weighted by Gasteiger charge is 2.28. The maximum Gasteiger partial charge on any atom is 0.272 e. The summed E-state index contributed by atoms with van der Waals surface area (Å²) in [5.41, 5.74) is 1.98. The van der Waals surface area contributed by atoms with E-state index >= 15 is 0 Å². The van der Waals surface area contributed by atoms with E-state index in [1.807, 2.05) is 30.3 Å². The van der Waals surface area contributed by atoms with E-state index < -0.39 is 0 Å². The second kappa shape index (κ2) is 8.61. The van der Waals surface area contributed by atoms with Crippen molar-refractivity contribution >= 4 is 5.91 Å². The molecule has 1 aliphatic rings. The van der Waals surface area contributed by atoms with Crippen LogP contribution < -0.4 is 9.47 Å². The number of carbonyl (C=O) groups excluding carboxylic acids is 1. The number of hydrogen-bond donors (Lipinski definition) is 1. The van der Waals surface area contributed by atoms with Gasteiger partial charge in [-0.3, -0.25) is 9.89 Å². The Morgan fingerprint density at radius 2 is 2.13 bits per heavy atom. The molecule has 152 valence electrons. The molecule has 0 aliphatic carbocycles. The second-order valence-corrected chi connectivity index (χ2v) is 6.82. The van der Waals surface area contributed by atoms with Gasteiger partial charge in [-0.05, 0) is 31.0 Å². The van der Waals surface area contributed by atoms with Crippen LogP contribution in [0.1, 0.15) is 29.0 Å². The number of ether oxygens (including phenoxy) is 2. The van der Waals surface area contributed by atoms with Crippen LogP contribution in [0.15, 0.2) is 42.7 Å². The van der Waals surface area contributed by atoms with Crippen molar-refractivity contribution < 1.29 is 14.3 Å². The summed E-state index contributed by atoms with van der Waals surface area (Å²) < 4.78 is 11.2. The number of para-hydroxylation sites is 1. The minimum atomic E-state index is -0.261. The number of nitrogens with zero attached hydrogens (tertiary/aromatic N) is 5. The van der Waals surface area contributed by atoms with Crippen LogP contribution in [0.3, 0.4) is 0 Å². The average Bonchev–Trinajstić information content (AvgIpc) is 3.29. The Bertz CT molecular complexity index is 1090. The molecule has 9 nitrogen and oxygen atoms in total. The van der Waals surface area contributed by atoms with Gasteiger partial charge in [0.05, 0.1) is 19.3 Å². The zero-order chi connectivity index (χ0) is 20.9. The van der Waals surface area contributed by atoms with E-state index in [0.29, 0.717) is 30.2 Å². The highest BCUT2D eigenvalue weighted by molar-refractivity contribution is 5.93. The predicted molar refractivity (Wildman–Crippen MR) is 107 cm³/mol. The Hall–Kier alpha value is -3.93. The molecule has 30 heavy (non-hydrogen) atoms. The predicted octanol–water partition coefficient (Wildman–Crippen LogP) is 2.43. The maximum atomic E-state index is 13.0. The molecule has 1 atom stereocenters. The first-order valence-corrected chi connectivity index (χ1v) is 9.55. The normalized spacial score (nSPS) is 16.0. The van der Waals surface area contributed by atoms with Gasteiger partial charge in [0.1, 0.15) is 23.6 Å². The smallest absolute Gasteiger partial charge is 0.272 e. The lowest BCUT2D eigenvalue weighted by Crippen LogP contribution is -2.44. The molecule has 1 saturated heterocycles. The molecule has 3 aromatic rings.